The van der Waals surface area contributed by atoms with E-state index in [9.17, 15) is 18.3 Å². The molecule has 0 saturated carbocycles. The lowest BCUT2D eigenvalue weighted by molar-refractivity contribution is -0.117. The number of carbonyl (C=O) groups is 1. The van der Waals surface area contributed by atoms with Gasteiger partial charge in [0.15, 0.2) is 0 Å². The van der Waals surface area contributed by atoms with Gasteiger partial charge >= 0.3 is 0 Å². The fourth-order valence-electron chi connectivity index (χ4n) is 2.74. The Morgan fingerprint density at radius 3 is 2.64 bits per heavy atom. The van der Waals surface area contributed by atoms with Crippen LogP contribution in [0.4, 0.5) is 11.4 Å². The molecule has 0 bridgehead atoms. The van der Waals surface area contributed by atoms with Gasteiger partial charge in [0.25, 0.3) is 10.0 Å². The van der Waals surface area contributed by atoms with Crippen LogP contribution in [-0.2, 0) is 14.8 Å². The lowest BCUT2D eigenvalue weighted by atomic mass is 10.3. The van der Waals surface area contributed by atoms with E-state index in [4.69, 9.17) is 4.74 Å². The number of sulfonamides is 1. The number of ether oxygens (including phenoxy) is 1. The molecule has 1 saturated heterocycles. The molecule has 0 spiro atoms. The number of hydrogen-bond donors (Lipinski definition) is 2. The molecule has 1 amide bonds. The molecule has 132 valence electrons. The highest BCUT2D eigenvalue weighted by Crippen LogP contribution is 2.32. The fraction of sp³-hybridized carbons (Fsp3) is 0.235. The predicted octanol–water partition coefficient (Wildman–Crippen LogP) is 2.33. The monoisotopic (exact) mass is 362 g/mol. The highest BCUT2D eigenvalue weighted by Gasteiger charge is 2.26. The van der Waals surface area contributed by atoms with Crippen molar-refractivity contribution in [1.29, 1.82) is 0 Å². The van der Waals surface area contributed by atoms with Crippen molar-refractivity contribution in [2.24, 2.45) is 0 Å². The van der Waals surface area contributed by atoms with Crippen LogP contribution < -0.4 is 14.4 Å². The molecule has 0 aliphatic carbocycles. The molecule has 0 atom stereocenters. The van der Waals surface area contributed by atoms with E-state index in [1.165, 1.54) is 43.5 Å². The van der Waals surface area contributed by atoms with Gasteiger partial charge in [0.2, 0.25) is 5.91 Å². The summed E-state index contributed by atoms with van der Waals surface area (Å²) in [6, 6.07) is 10.4. The maximum absolute atomic E-state index is 12.8. The van der Waals surface area contributed by atoms with Crippen molar-refractivity contribution < 1.29 is 23.1 Å². The van der Waals surface area contributed by atoms with E-state index in [1.807, 2.05) is 0 Å². The molecule has 1 fully saturated rings. The first kappa shape index (κ1) is 17.1. The van der Waals surface area contributed by atoms with E-state index < -0.39 is 10.0 Å². The molecule has 0 unspecified atom stereocenters. The highest BCUT2D eigenvalue weighted by molar-refractivity contribution is 7.92. The fourth-order valence-corrected chi connectivity index (χ4v) is 3.98. The number of anilines is 2. The van der Waals surface area contributed by atoms with Crippen LogP contribution in [0.25, 0.3) is 0 Å². The largest absolute Gasteiger partial charge is 0.508 e. The third kappa shape index (κ3) is 3.53. The number of amides is 1. The zero-order chi connectivity index (χ0) is 18.0. The van der Waals surface area contributed by atoms with E-state index in [0.717, 1.165) is 6.42 Å². The number of nitrogens with zero attached hydrogens (tertiary/aromatic N) is 1. The molecule has 25 heavy (non-hydrogen) atoms. The van der Waals surface area contributed by atoms with Crippen LogP contribution in [0.5, 0.6) is 11.5 Å². The summed E-state index contributed by atoms with van der Waals surface area (Å²) in [6.07, 6.45) is 1.20. The van der Waals surface area contributed by atoms with Crippen molar-refractivity contribution in [2.75, 3.05) is 23.3 Å². The molecule has 1 aliphatic rings. The average molecular weight is 362 g/mol. The number of carbonyl (C=O) groups excluding carboxylic acids is 1. The Labute approximate surface area is 145 Å². The third-order valence-electron chi connectivity index (χ3n) is 3.92. The number of phenolic OH excluding ortho intramolecular Hbond substituents is 1. The van der Waals surface area contributed by atoms with Gasteiger partial charge in [-0.25, -0.2) is 8.42 Å². The lowest BCUT2D eigenvalue weighted by Gasteiger charge is -2.18. The second-order valence-corrected chi connectivity index (χ2v) is 7.29. The molecule has 7 nitrogen and oxygen atoms in total. The van der Waals surface area contributed by atoms with Crippen LogP contribution in [0.1, 0.15) is 12.8 Å². The molecule has 3 rings (SSSR count). The quantitative estimate of drug-likeness (QED) is 0.851. The number of benzene rings is 2. The van der Waals surface area contributed by atoms with Gasteiger partial charge in [0, 0.05) is 24.7 Å². The standard InChI is InChI=1S/C17H18N2O5S/c1-24-15-8-7-13(19-9-3-6-17(19)21)11-16(15)25(22,23)18-12-4-2-5-14(20)10-12/h2,4-5,7-8,10-11,18,20H,3,6,9H2,1H3. The second-order valence-electron chi connectivity index (χ2n) is 5.64. The highest BCUT2D eigenvalue weighted by atomic mass is 32.2. The molecule has 0 aromatic heterocycles. The summed E-state index contributed by atoms with van der Waals surface area (Å²) in [4.78, 5) is 13.4. The molecular formula is C17H18N2O5S. The van der Waals surface area contributed by atoms with Crippen molar-refractivity contribution in [1.82, 2.24) is 0 Å². The van der Waals surface area contributed by atoms with E-state index >= 15 is 0 Å². The summed E-state index contributed by atoms with van der Waals surface area (Å²) in [5.41, 5.74) is 0.740. The van der Waals surface area contributed by atoms with Gasteiger partial charge < -0.3 is 14.7 Å². The number of phenols is 1. The minimum absolute atomic E-state index is 0.0329. The minimum atomic E-state index is -3.97. The van der Waals surface area contributed by atoms with Gasteiger partial charge in [0.05, 0.1) is 12.8 Å². The van der Waals surface area contributed by atoms with Crippen LogP contribution in [0.2, 0.25) is 0 Å². The molecule has 2 N–H and O–H groups in total. The number of methoxy groups -OCH3 is 1. The molecule has 0 radical (unpaired) electrons. The zero-order valence-corrected chi connectivity index (χ0v) is 14.4. The Morgan fingerprint density at radius 1 is 1.20 bits per heavy atom. The Morgan fingerprint density at radius 2 is 2.00 bits per heavy atom. The van der Waals surface area contributed by atoms with Gasteiger partial charge in [0.1, 0.15) is 16.4 Å². The summed E-state index contributed by atoms with van der Waals surface area (Å²) in [5, 5.41) is 9.49. The normalized spacial score (nSPS) is 14.6. The van der Waals surface area contributed by atoms with Crippen LogP contribution in [0, 0.1) is 0 Å². The molecule has 1 heterocycles. The smallest absolute Gasteiger partial charge is 0.265 e. The van der Waals surface area contributed by atoms with Crippen molar-refractivity contribution >= 4 is 27.3 Å². The van der Waals surface area contributed by atoms with Gasteiger partial charge in [-0.2, -0.15) is 0 Å². The summed E-state index contributed by atoms with van der Waals surface area (Å²) < 4.78 is 33.1. The summed E-state index contributed by atoms with van der Waals surface area (Å²) in [5.74, 6) is 0.0843. The maximum atomic E-state index is 12.8. The van der Waals surface area contributed by atoms with Crippen LogP contribution >= 0.6 is 0 Å². The Bertz CT molecular complexity index is 911. The number of aromatic hydroxyl groups is 1. The Kier molecular flexibility index (Phi) is 4.54. The Balaban J connectivity index is 2.00. The summed E-state index contributed by atoms with van der Waals surface area (Å²) in [7, 11) is -2.59. The van der Waals surface area contributed by atoms with E-state index in [0.29, 0.717) is 18.7 Å². The number of hydrogen-bond acceptors (Lipinski definition) is 5. The first-order valence-corrected chi connectivity index (χ1v) is 9.19. The maximum Gasteiger partial charge on any atom is 0.265 e. The molecule has 1 aliphatic heterocycles. The van der Waals surface area contributed by atoms with Crippen molar-refractivity contribution in [3.05, 3.63) is 42.5 Å². The Hall–Kier alpha value is -2.74. The van der Waals surface area contributed by atoms with E-state index in [-0.39, 0.29) is 28.0 Å². The zero-order valence-electron chi connectivity index (χ0n) is 13.6. The topological polar surface area (TPSA) is 95.9 Å². The molecular weight excluding hydrogens is 344 g/mol. The summed E-state index contributed by atoms with van der Waals surface area (Å²) >= 11 is 0. The van der Waals surface area contributed by atoms with Crippen LogP contribution in [0.15, 0.2) is 47.4 Å². The van der Waals surface area contributed by atoms with Gasteiger partial charge in [-0.05, 0) is 36.8 Å². The second kappa shape index (κ2) is 6.64. The lowest BCUT2D eigenvalue weighted by Crippen LogP contribution is -2.24. The first-order valence-electron chi connectivity index (χ1n) is 7.71. The van der Waals surface area contributed by atoms with E-state index in [2.05, 4.69) is 4.72 Å². The van der Waals surface area contributed by atoms with E-state index in [1.54, 1.807) is 11.0 Å². The van der Waals surface area contributed by atoms with Gasteiger partial charge in [-0.3, -0.25) is 9.52 Å². The minimum Gasteiger partial charge on any atom is -0.508 e. The molecule has 8 heteroatoms. The molecule has 2 aromatic rings. The number of nitrogens with one attached hydrogen (secondary N) is 1. The molecule has 2 aromatic carbocycles. The van der Waals surface area contributed by atoms with Gasteiger partial charge in [-0.1, -0.05) is 6.07 Å². The van der Waals surface area contributed by atoms with Crippen LogP contribution in [0.3, 0.4) is 0 Å². The van der Waals surface area contributed by atoms with Crippen molar-refractivity contribution in [2.45, 2.75) is 17.7 Å². The van der Waals surface area contributed by atoms with Gasteiger partial charge in [-0.15, -0.1) is 0 Å². The van der Waals surface area contributed by atoms with Crippen molar-refractivity contribution in [3.8, 4) is 11.5 Å². The third-order valence-corrected chi connectivity index (χ3v) is 5.32. The average Bonchev–Trinajstić information content (AvgIpc) is 3.00. The SMILES string of the molecule is COc1ccc(N2CCCC2=O)cc1S(=O)(=O)Nc1cccc(O)c1. The number of rotatable bonds is 5. The summed E-state index contributed by atoms with van der Waals surface area (Å²) in [6.45, 7) is 0.560. The first-order chi connectivity index (χ1) is 11.9. The van der Waals surface area contributed by atoms with Crippen molar-refractivity contribution in [3.63, 3.8) is 0 Å². The predicted molar refractivity (Wildman–Crippen MR) is 93.5 cm³/mol. The van der Waals surface area contributed by atoms with Crippen LogP contribution in [-0.4, -0.2) is 33.1 Å².